The van der Waals surface area contributed by atoms with Gasteiger partial charge in [-0.3, -0.25) is 0 Å². The number of hydrogen-bond donors (Lipinski definition) is 1. The Balaban J connectivity index is 2.48. The van der Waals surface area contributed by atoms with Gasteiger partial charge >= 0.3 is 0 Å². The van der Waals surface area contributed by atoms with E-state index in [0.717, 1.165) is 13.1 Å². The van der Waals surface area contributed by atoms with Crippen molar-refractivity contribution in [3.8, 4) is 0 Å². The third kappa shape index (κ3) is 4.10. The first kappa shape index (κ1) is 15.2. The predicted molar refractivity (Wildman–Crippen MR) is 76.6 cm³/mol. The van der Waals surface area contributed by atoms with Crippen LogP contribution in [0.4, 0.5) is 0 Å². The lowest BCUT2D eigenvalue weighted by molar-refractivity contribution is 0.224. The summed E-state index contributed by atoms with van der Waals surface area (Å²) in [5.41, 5.74) is 1.26. The van der Waals surface area contributed by atoms with Crippen molar-refractivity contribution in [1.29, 1.82) is 0 Å². The van der Waals surface area contributed by atoms with Crippen LogP contribution in [0.1, 0.15) is 39.4 Å². The van der Waals surface area contributed by atoms with Crippen LogP contribution in [0.2, 0.25) is 0 Å². The summed E-state index contributed by atoms with van der Waals surface area (Å²) >= 11 is 0. The molecular formula is C14H28N4. The second-order valence-corrected chi connectivity index (χ2v) is 5.79. The largest absolute Gasteiger partial charge is 0.331 e. The number of nitrogens with one attached hydrogen (secondary N) is 1. The highest BCUT2D eigenvalue weighted by molar-refractivity contribution is 4.99. The van der Waals surface area contributed by atoms with E-state index in [1.807, 2.05) is 12.5 Å². The van der Waals surface area contributed by atoms with Crippen LogP contribution >= 0.6 is 0 Å². The van der Waals surface area contributed by atoms with Gasteiger partial charge in [-0.25, -0.2) is 4.98 Å². The molecule has 0 amide bonds. The van der Waals surface area contributed by atoms with Gasteiger partial charge < -0.3 is 14.8 Å². The summed E-state index contributed by atoms with van der Waals surface area (Å²) in [6, 6.07) is 1.04. The van der Waals surface area contributed by atoms with Crippen molar-refractivity contribution in [2.75, 3.05) is 20.6 Å². The molecule has 0 aliphatic carbocycles. The average molecular weight is 252 g/mol. The van der Waals surface area contributed by atoms with Gasteiger partial charge in [0.1, 0.15) is 0 Å². The van der Waals surface area contributed by atoms with Crippen molar-refractivity contribution in [2.24, 2.45) is 5.92 Å². The highest BCUT2D eigenvalue weighted by Gasteiger charge is 2.15. The van der Waals surface area contributed by atoms with E-state index < -0.39 is 0 Å². The van der Waals surface area contributed by atoms with Crippen molar-refractivity contribution in [3.05, 3.63) is 18.2 Å². The maximum atomic E-state index is 4.22. The summed E-state index contributed by atoms with van der Waals surface area (Å²) in [6.07, 6.45) is 3.86. The smallest absolute Gasteiger partial charge is 0.0951 e. The third-order valence-electron chi connectivity index (χ3n) is 3.40. The molecule has 0 aliphatic rings. The first-order valence-corrected chi connectivity index (χ1v) is 6.81. The lowest BCUT2D eigenvalue weighted by Gasteiger charge is -2.28. The molecule has 4 nitrogen and oxygen atoms in total. The minimum absolute atomic E-state index is 0.471. The number of imidazole rings is 1. The molecule has 1 N–H and O–H groups in total. The number of hydrogen-bond acceptors (Lipinski definition) is 3. The Labute approximate surface area is 111 Å². The van der Waals surface area contributed by atoms with E-state index >= 15 is 0 Å². The van der Waals surface area contributed by atoms with Crippen LogP contribution in [0, 0.1) is 5.92 Å². The summed E-state index contributed by atoms with van der Waals surface area (Å²) < 4.78 is 2.22. The zero-order valence-electron chi connectivity index (χ0n) is 12.6. The predicted octanol–water partition coefficient (Wildman–Crippen LogP) is 2.14. The van der Waals surface area contributed by atoms with Crippen LogP contribution < -0.4 is 5.32 Å². The Morgan fingerprint density at radius 1 is 1.28 bits per heavy atom. The first-order valence-electron chi connectivity index (χ1n) is 6.81. The summed E-state index contributed by atoms with van der Waals surface area (Å²) in [4.78, 5) is 6.51. The highest BCUT2D eigenvalue weighted by atomic mass is 15.1. The van der Waals surface area contributed by atoms with E-state index in [4.69, 9.17) is 0 Å². The van der Waals surface area contributed by atoms with Gasteiger partial charge in [0.05, 0.1) is 12.0 Å². The van der Waals surface area contributed by atoms with Gasteiger partial charge in [0.25, 0.3) is 0 Å². The maximum absolute atomic E-state index is 4.22. The topological polar surface area (TPSA) is 33.1 Å². The second-order valence-electron chi connectivity index (χ2n) is 5.79. The van der Waals surface area contributed by atoms with Crippen molar-refractivity contribution >= 4 is 0 Å². The van der Waals surface area contributed by atoms with Gasteiger partial charge in [0.15, 0.2) is 0 Å². The van der Waals surface area contributed by atoms with E-state index in [0.29, 0.717) is 18.0 Å². The maximum Gasteiger partial charge on any atom is 0.0951 e. The quantitative estimate of drug-likeness (QED) is 0.807. The van der Waals surface area contributed by atoms with Gasteiger partial charge in [-0.2, -0.15) is 0 Å². The molecule has 0 saturated carbocycles. The molecule has 1 aromatic heterocycles. The molecule has 0 aliphatic heterocycles. The Morgan fingerprint density at radius 3 is 2.44 bits per heavy atom. The van der Waals surface area contributed by atoms with E-state index in [-0.39, 0.29) is 0 Å². The third-order valence-corrected chi connectivity index (χ3v) is 3.40. The van der Waals surface area contributed by atoms with Gasteiger partial charge in [0.2, 0.25) is 0 Å². The molecule has 0 spiro atoms. The fourth-order valence-corrected chi connectivity index (χ4v) is 2.30. The molecule has 0 aromatic carbocycles. The fraction of sp³-hybridized carbons (Fsp3) is 0.786. The molecule has 0 saturated heterocycles. The van der Waals surface area contributed by atoms with E-state index in [1.165, 1.54) is 5.69 Å². The molecule has 0 radical (unpaired) electrons. The molecule has 104 valence electrons. The molecule has 0 fully saturated rings. The van der Waals surface area contributed by atoms with Gasteiger partial charge in [-0.15, -0.1) is 0 Å². The van der Waals surface area contributed by atoms with Crippen molar-refractivity contribution in [1.82, 2.24) is 19.8 Å². The molecule has 4 heteroatoms. The Bertz CT molecular complexity index is 333. The molecule has 0 bridgehead atoms. The normalized spacial score (nSPS) is 13.8. The van der Waals surface area contributed by atoms with Crippen LogP contribution in [-0.4, -0.2) is 41.1 Å². The summed E-state index contributed by atoms with van der Waals surface area (Å²) in [7, 11) is 4.29. The molecule has 1 atom stereocenters. The van der Waals surface area contributed by atoms with Crippen LogP contribution in [-0.2, 0) is 6.54 Å². The Morgan fingerprint density at radius 2 is 1.94 bits per heavy atom. The van der Waals surface area contributed by atoms with Crippen molar-refractivity contribution < 1.29 is 0 Å². The number of likely N-dealkylation sites (N-methyl/N-ethyl adjacent to an activating group) is 1. The summed E-state index contributed by atoms with van der Waals surface area (Å²) in [6.45, 7) is 10.8. The van der Waals surface area contributed by atoms with Gasteiger partial charge in [0, 0.05) is 31.4 Å². The number of aromatic nitrogens is 2. The molecule has 1 aromatic rings. The van der Waals surface area contributed by atoms with Crippen LogP contribution in [0.5, 0.6) is 0 Å². The zero-order valence-corrected chi connectivity index (χ0v) is 12.6. The Kier molecular flexibility index (Phi) is 5.82. The number of nitrogens with zero attached hydrogens (tertiary/aromatic N) is 3. The second kappa shape index (κ2) is 6.90. The van der Waals surface area contributed by atoms with Crippen LogP contribution in [0.25, 0.3) is 0 Å². The molecule has 1 rings (SSSR count). The minimum Gasteiger partial charge on any atom is -0.331 e. The molecule has 1 heterocycles. The average Bonchev–Trinajstić information content (AvgIpc) is 2.71. The molecule has 18 heavy (non-hydrogen) atoms. The van der Waals surface area contributed by atoms with E-state index in [1.54, 1.807) is 0 Å². The van der Waals surface area contributed by atoms with Gasteiger partial charge in [-0.05, 0) is 33.9 Å². The van der Waals surface area contributed by atoms with Crippen molar-refractivity contribution in [3.63, 3.8) is 0 Å². The zero-order chi connectivity index (χ0) is 13.7. The lowest BCUT2D eigenvalue weighted by Crippen LogP contribution is -2.41. The van der Waals surface area contributed by atoms with E-state index in [9.17, 15) is 0 Å². The van der Waals surface area contributed by atoms with Crippen molar-refractivity contribution in [2.45, 2.75) is 46.3 Å². The van der Waals surface area contributed by atoms with Gasteiger partial charge in [-0.1, -0.05) is 13.8 Å². The first-order chi connectivity index (χ1) is 8.43. The Hall–Kier alpha value is -0.870. The lowest BCUT2D eigenvalue weighted by atomic mass is 10.0. The fourth-order valence-electron chi connectivity index (χ4n) is 2.30. The van der Waals surface area contributed by atoms with Crippen LogP contribution in [0.3, 0.4) is 0 Å². The summed E-state index contributed by atoms with van der Waals surface area (Å²) in [5, 5.41) is 3.54. The highest BCUT2D eigenvalue weighted by Crippen LogP contribution is 2.09. The summed E-state index contributed by atoms with van der Waals surface area (Å²) in [5.74, 6) is 0.655. The SMILES string of the molecule is CC(C)C(CNCc1cncn1C(C)C)N(C)C. The monoisotopic (exact) mass is 252 g/mol. The molecule has 1 unspecified atom stereocenters. The minimum atomic E-state index is 0.471. The number of rotatable bonds is 7. The molecular weight excluding hydrogens is 224 g/mol. The standard InChI is InChI=1S/C14H28N4/c1-11(2)14(17(5)6)9-15-7-13-8-16-10-18(13)12(3)4/h8,10-12,14-15H,7,9H2,1-6H3. The van der Waals surface area contributed by atoms with Crippen LogP contribution in [0.15, 0.2) is 12.5 Å². The van der Waals surface area contributed by atoms with E-state index in [2.05, 4.69) is 61.6 Å².